The SMILES string of the molecule is O=C(NCCO)c1cnc2cc(Cl)ccc2c1. The van der Waals surface area contributed by atoms with Crippen LogP contribution in [-0.2, 0) is 0 Å². The van der Waals surface area contributed by atoms with E-state index in [2.05, 4.69) is 10.3 Å². The number of carbonyl (C=O) groups is 1. The molecular formula is C12H11ClN2O2. The highest BCUT2D eigenvalue weighted by molar-refractivity contribution is 6.31. The third-order valence-electron chi connectivity index (χ3n) is 2.31. The fraction of sp³-hybridized carbons (Fsp3) is 0.167. The van der Waals surface area contributed by atoms with Gasteiger partial charge in [0, 0.05) is 23.2 Å². The van der Waals surface area contributed by atoms with Crippen molar-refractivity contribution in [1.82, 2.24) is 10.3 Å². The van der Waals surface area contributed by atoms with Gasteiger partial charge in [0.05, 0.1) is 17.7 Å². The molecule has 0 spiro atoms. The second-order valence-corrected chi connectivity index (χ2v) is 3.98. The number of rotatable bonds is 3. The van der Waals surface area contributed by atoms with Gasteiger partial charge in [0.25, 0.3) is 5.91 Å². The molecule has 5 heteroatoms. The lowest BCUT2D eigenvalue weighted by Crippen LogP contribution is -2.26. The van der Waals surface area contributed by atoms with Gasteiger partial charge in [-0.2, -0.15) is 0 Å². The first kappa shape index (κ1) is 11.8. The van der Waals surface area contributed by atoms with Crippen molar-refractivity contribution in [1.29, 1.82) is 0 Å². The fourth-order valence-corrected chi connectivity index (χ4v) is 1.66. The molecule has 0 saturated carbocycles. The van der Waals surface area contributed by atoms with E-state index >= 15 is 0 Å². The van der Waals surface area contributed by atoms with Gasteiger partial charge in [-0.1, -0.05) is 17.7 Å². The lowest BCUT2D eigenvalue weighted by molar-refractivity contribution is 0.0944. The topological polar surface area (TPSA) is 62.2 Å². The molecule has 0 bridgehead atoms. The number of benzene rings is 1. The zero-order valence-electron chi connectivity index (χ0n) is 8.98. The molecule has 1 amide bonds. The van der Waals surface area contributed by atoms with Gasteiger partial charge in [0.2, 0.25) is 0 Å². The molecule has 0 aliphatic heterocycles. The largest absolute Gasteiger partial charge is 0.395 e. The number of carbonyl (C=O) groups excluding carboxylic acids is 1. The van der Waals surface area contributed by atoms with Crippen molar-refractivity contribution in [2.75, 3.05) is 13.2 Å². The molecule has 0 radical (unpaired) electrons. The fourth-order valence-electron chi connectivity index (χ4n) is 1.49. The smallest absolute Gasteiger partial charge is 0.252 e. The summed E-state index contributed by atoms with van der Waals surface area (Å²) in [5, 5.41) is 12.7. The van der Waals surface area contributed by atoms with Crippen molar-refractivity contribution in [2.24, 2.45) is 0 Å². The van der Waals surface area contributed by atoms with Gasteiger partial charge in [-0.3, -0.25) is 9.78 Å². The number of hydrogen-bond acceptors (Lipinski definition) is 3. The highest BCUT2D eigenvalue weighted by Crippen LogP contribution is 2.18. The monoisotopic (exact) mass is 250 g/mol. The summed E-state index contributed by atoms with van der Waals surface area (Å²) in [6, 6.07) is 7.05. The van der Waals surface area contributed by atoms with Gasteiger partial charge < -0.3 is 10.4 Å². The number of pyridine rings is 1. The van der Waals surface area contributed by atoms with E-state index in [0.717, 1.165) is 10.9 Å². The number of nitrogens with one attached hydrogen (secondary N) is 1. The van der Waals surface area contributed by atoms with Crippen molar-refractivity contribution in [3.8, 4) is 0 Å². The van der Waals surface area contributed by atoms with Gasteiger partial charge in [0.15, 0.2) is 0 Å². The molecule has 0 aliphatic rings. The van der Waals surface area contributed by atoms with Gasteiger partial charge in [-0.15, -0.1) is 0 Å². The van der Waals surface area contributed by atoms with Crippen molar-refractivity contribution >= 4 is 28.4 Å². The third-order valence-corrected chi connectivity index (χ3v) is 2.54. The molecule has 4 nitrogen and oxygen atoms in total. The summed E-state index contributed by atoms with van der Waals surface area (Å²) in [4.78, 5) is 15.8. The minimum Gasteiger partial charge on any atom is -0.395 e. The van der Waals surface area contributed by atoms with Crippen LogP contribution in [0.5, 0.6) is 0 Å². The van der Waals surface area contributed by atoms with Crippen molar-refractivity contribution in [2.45, 2.75) is 0 Å². The first-order chi connectivity index (χ1) is 8.20. The molecule has 0 fully saturated rings. The van der Waals surface area contributed by atoms with Crippen LogP contribution in [0.3, 0.4) is 0 Å². The van der Waals surface area contributed by atoms with Crippen molar-refractivity contribution in [3.05, 3.63) is 41.0 Å². The zero-order valence-corrected chi connectivity index (χ0v) is 9.74. The average Bonchev–Trinajstić information content (AvgIpc) is 2.35. The molecule has 88 valence electrons. The molecule has 2 aromatic rings. The number of aromatic nitrogens is 1. The van der Waals surface area contributed by atoms with Crippen molar-refractivity contribution < 1.29 is 9.90 Å². The quantitative estimate of drug-likeness (QED) is 0.870. The molecule has 0 atom stereocenters. The maximum atomic E-state index is 11.6. The summed E-state index contributed by atoms with van der Waals surface area (Å²) in [5.41, 5.74) is 1.21. The maximum Gasteiger partial charge on any atom is 0.252 e. The van der Waals surface area contributed by atoms with Gasteiger partial charge in [-0.25, -0.2) is 0 Å². The first-order valence-electron chi connectivity index (χ1n) is 5.15. The second-order valence-electron chi connectivity index (χ2n) is 3.54. The van der Waals surface area contributed by atoms with Crippen LogP contribution < -0.4 is 5.32 Å². The number of amides is 1. The molecule has 1 aromatic heterocycles. The predicted octanol–water partition coefficient (Wildman–Crippen LogP) is 1.61. The van der Waals surface area contributed by atoms with Crippen LogP contribution in [0.1, 0.15) is 10.4 Å². The molecular weight excluding hydrogens is 240 g/mol. The zero-order chi connectivity index (χ0) is 12.3. The summed E-state index contributed by atoms with van der Waals surface area (Å²) in [5.74, 6) is -0.247. The number of halogens is 1. The molecule has 2 N–H and O–H groups in total. The predicted molar refractivity (Wildman–Crippen MR) is 66.2 cm³/mol. The number of nitrogens with zero attached hydrogens (tertiary/aromatic N) is 1. The van der Waals surface area contributed by atoms with Gasteiger partial charge in [0.1, 0.15) is 0 Å². The summed E-state index contributed by atoms with van der Waals surface area (Å²) in [6.07, 6.45) is 1.49. The van der Waals surface area contributed by atoms with E-state index in [4.69, 9.17) is 16.7 Å². The van der Waals surface area contributed by atoms with Gasteiger partial charge >= 0.3 is 0 Å². The van der Waals surface area contributed by atoms with Crippen LogP contribution >= 0.6 is 11.6 Å². The van der Waals surface area contributed by atoms with E-state index in [1.807, 2.05) is 6.07 Å². The molecule has 1 aromatic carbocycles. The average molecular weight is 251 g/mol. The van der Waals surface area contributed by atoms with Crippen molar-refractivity contribution in [3.63, 3.8) is 0 Å². The van der Waals surface area contributed by atoms with Crippen LogP contribution in [0, 0.1) is 0 Å². The summed E-state index contributed by atoms with van der Waals surface area (Å²) < 4.78 is 0. The van der Waals surface area contributed by atoms with Crippen LogP contribution in [0.2, 0.25) is 5.02 Å². The van der Waals surface area contributed by atoms with E-state index in [-0.39, 0.29) is 19.1 Å². The Balaban J connectivity index is 2.31. The molecule has 2 rings (SSSR count). The maximum absolute atomic E-state index is 11.6. The number of hydrogen-bond donors (Lipinski definition) is 2. The Labute approximate surface area is 103 Å². The minimum absolute atomic E-state index is 0.0810. The summed E-state index contributed by atoms with van der Waals surface area (Å²) in [6.45, 7) is 0.153. The van der Waals surface area contributed by atoms with E-state index in [1.165, 1.54) is 6.20 Å². The Morgan fingerprint density at radius 3 is 3.00 bits per heavy atom. The Morgan fingerprint density at radius 2 is 2.24 bits per heavy atom. The van der Waals surface area contributed by atoms with E-state index < -0.39 is 0 Å². The summed E-state index contributed by atoms with van der Waals surface area (Å²) in [7, 11) is 0. The Morgan fingerprint density at radius 1 is 1.41 bits per heavy atom. The van der Waals surface area contributed by atoms with Crippen LogP contribution in [-0.4, -0.2) is 29.1 Å². The van der Waals surface area contributed by atoms with E-state index in [0.29, 0.717) is 10.6 Å². The molecule has 0 unspecified atom stereocenters. The van der Waals surface area contributed by atoms with Crippen LogP contribution in [0.15, 0.2) is 30.5 Å². The molecule has 0 aliphatic carbocycles. The molecule has 17 heavy (non-hydrogen) atoms. The number of aliphatic hydroxyl groups excluding tert-OH is 1. The Hall–Kier alpha value is -1.65. The Kier molecular flexibility index (Phi) is 3.56. The standard InChI is InChI=1S/C12H11ClN2O2/c13-10-2-1-8-5-9(7-15-11(8)6-10)12(17)14-3-4-16/h1-2,5-7,16H,3-4H2,(H,14,17). The molecule has 1 heterocycles. The third kappa shape index (κ3) is 2.72. The Bertz CT molecular complexity index is 557. The highest BCUT2D eigenvalue weighted by Gasteiger charge is 2.06. The minimum atomic E-state index is -0.247. The lowest BCUT2D eigenvalue weighted by atomic mass is 10.1. The molecule has 0 saturated heterocycles. The lowest BCUT2D eigenvalue weighted by Gasteiger charge is -2.04. The van der Waals surface area contributed by atoms with E-state index in [1.54, 1.807) is 18.2 Å². The van der Waals surface area contributed by atoms with Gasteiger partial charge in [-0.05, 0) is 18.2 Å². The van der Waals surface area contributed by atoms with Crippen LogP contribution in [0.25, 0.3) is 10.9 Å². The first-order valence-corrected chi connectivity index (χ1v) is 5.53. The normalized spacial score (nSPS) is 10.5. The summed E-state index contributed by atoms with van der Waals surface area (Å²) >= 11 is 5.84. The highest BCUT2D eigenvalue weighted by atomic mass is 35.5. The number of fused-ring (bicyclic) bond motifs is 1. The van der Waals surface area contributed by atoms with Crippen LogP contribution in [0.4, 0.5) is 0 Å². The number of aliphatic hydroxyl groups is 1. The second kappa shape index (κ2) is 5.12. The van der Waals surface area contributed by atoms with E-state index in [9.17, 15) is 4.79 Å².